The number of nitrogens with zero attached hydrogens (tertiary/aromatic N) is 5. The molecule has 47 heavy (non-hydrogen) atoms. The van der Waals surface area contributed by atoms with E-state index >= 15 is 8.78 Å². The molecule has 15 heteroatoms. The van der Waals surface area contributed by atoms with E-state index in [1.54, 1.807) is 0 Å². The summed E-state index contributed by atoms with van der Waals surface area (Å²) in [4.78, 5) is 12.6. The fourth-order valence-corrected chi connectivity index (χ4v) is 7.46. The lowest BCUT2D eigenvalue weighted by Gasteiger charge is -2.43. The highest BCUT2D eigenvalue weighted by molar-refractivity contribution is 5.95. The number of benzene rings is 2. The summed E-state index contributed by atoms with van der Waals surface area (Å²) in [5.41, 5.74) is -2.76. The standard InChI is InChI=1S/C32H34F7N7O/c1-15-24(32(37,38)39)22(20(10-40)27(41)25(15)35)23-21(34)8-19-28(26(23)36)43-30(44-29(19)46-11-17-4-5-18(12-46)42-17)47-14-31(2)13-45(3)7-6-16(31)9-33/h8,16-18,42H,4-7,9,11-14,41H2,1-3H3/t16-,17-,18+,31+/m1/s1. The fraction of sp³-hybridized carbons (Fsp3) is 0.531. The number of hydrogen-bond donors (Lipinski definition) is 2. The number of nitriles is 1. The van der Waals surface area contributed by atoms with Crippen molar-refractivity contribution in [3.63, 3.8) is 0 Å². The molecule has 2 bridgehead atoms. The second-order valence-corrected chi connectivity index (χ2v) is 13.2. The molecule has 1 aromatic heterocycles. The number of nitrogen functional groups attached to an aromatic ring is 1. The lowest BCUT2D eigenvalue weighted by atomic mass is 9.73. The molecule has 8 nitrogen and oxygen atoms in total. The molecule has 0 saturated carbocycles. The first-order valence-corrected chi connectivity index (χ1v) is 15.3. The second kappa shape index (κ2) is 12.0. The van der Waals surface area contributed by atoms with Gasteiger partial charge in [-0.25, -0.2) is 13.2 Å². The van der Waals surface area contributed by atoms with Gasteiger partial charge in [-0.3, -0.25) is 4.39 Å². The molecular weight excluding hydrogens is 631 g/mol. The molecule has 3 aliphatic heterocycles. The highest BCUT2D eigenvalue weighted by Crippen LogP contribution is 2.47. The minimum atomic E-state index is -5.31. The van der Waals surface area contributed by atoms with Gasteiger partial charge in [0.2, 0.25) is 0 Å². The van der Waals surface area contributed by atoms with E-state index in [-0.39, 0.29) is 41.8 Å². The average molecular weight is 666 g/mol. The third-order valence-electron chi connectivity index (χ3n) is 9.91. The Morgan fingerprint density at radius 3 is 2.40 bits per heavy atom. The zero-order valence-corrected chi connectivity index (χ0v) is 26.0. The molecule has 4 atom stereocenters. The zero-order valence-electron chi connectivity index (χ0n) is 26.0. The average Bonchev–Trinajstić information content (AvgIpc) is 3.35. The Hall–Kier alpha value is -3.90. The van der Waals surface area contributed by atoms with Crippen LogP contribution in [0.3, 0.4) is 0 Å². The first-order chi connectivity index (χ1) is 22.2. The van der Waals surface area contributed by atoms with Crippen molar-refractivity contribution in [1.82, 2.24) is 20.2 Å². The van der Waals surface area contributed by atoms with Crippen LogP contribution in [0.25, 0.3) is 22.0 Å². The monoisotopic (exact) mass is 665 g/mol. The van der Waals surface area contributed by atoms with Crippen molar-refractivity contribution in [2.75, 3.05) is 57.1 Å². The summed E-state index contributed by atoms with van der Waals surface area (Å²) in [5.74, 6) is -4.70. The van der Waals surface area contributed by atoms with Crippen LogP contribution in [0.2, 0.25) is 0 Å². The number of hydrogen-bond acceptors (Lipinski definition) is 8. The van der Waals surface area contributed by atoms with Crippen LogP contribution in [0.15, 0.2) is 6.07 Å². The van der Waals surface area contributed by atoms with Crippen LogP contribution >= 0.6 is 0 Å². The van der Waals surface area contributed by atoms with E-state index < -0.39 is 74.7 Å². The van der Waals surface area contributed by atoms with Crippen molar-refractivity contribution < 1.29 is 35.5 Å². The minimum absolute atomic E-state index is 0.0517. The number of piperidine rings is 1. The first kappa shape index (κ1) is 33.0. The Labute approximate surface area is 266 Å². The second-order valence-electron chi connectivity index (χ2n) is 13.2. The maximum Gasteiger partial charge on any atom is 0.417 e. The molecule has 4 heterocycles. The van der Waals surface area contributed by atoms with Crippen LogP contribution in [0.5, 0.6) is 6.01 Å². The number of likely N-dealkylation sites (tertiary alicyclic amines) is 1. The zero-order chi connectivity index (χ0) is 34.0. The maximum absolute atomic E-state index is 16.7. The quantitative estimate of drug-likeness (QED) is 0.254. The normalized spacial score (nSPS) is 25.0. The van der Waals surface area contributed by atoms with E-state index in [0.717, 1.165) is 25.8 Å². The lowest BCUT2D eigenvalue weighted by molar-refractivity contribution is -0.137. The molecule has 252 valence electrons. The van der Waals surface area contributed by atoms with Gasteiger partial charge in [-0.1, -0.05) is 6.92 Å². The summed E-state index contributed by atoms with van der Waals surface area (Å²) in [5, 5.41) is 13.1. The molecule has 0 radical (unpaired) electrons. The number of halogens is 7. The van der Waals surface area contributed by atoms with Crippen LogP contribution in [0, 0.1) is 47.0 Å². The number of nitrogens with two attached hydrogens (primary N) is 1. The number of alkyl halides is 4. The van der Waals surface area contributed by atoms with Crippen molar-refractivity contribution in [2.45, 2.75) is 51.4 Å². The number of ether oxygens (including phenoxy) is 1. The van der Waals surface area contributed by atoms with E-state index in [0.29, 0.717) is 32.6 Å². The number of anilines is 2. The summed E-state index contributed by atoms with van der Waals surface area (Å²) in [6.07, 6.45) is -2.98. The number of rotatable bonds is 6. The van der Waals surface area contributed by atoms with Crippen molar-refractivity contribution >= 4 is 22.4 Å². The van der Waals surface area contributed by atoms with Gasteiger partial charge in [0.25, 0.3) is 0 Å². The molecule has 3 aromatic rings. The molecule has 6 rings (SSSR count). The van der Waals surface area contributed by atoms with Gasteiger partial charge >= 0.3 is 12.2 Å². The van der Waals surface area contributed by atoms with Crippen LogP contribution in [0.4, 0.5) is 42.2 Å². The summed E-state index contributed by atoms with van der Waals surface area (Å²) in [6, 6.07) is 2.06. The third-order valence-corrected chi connectivity index (χ3v) is 9.91. The summed E-state index contributed by atoms with van der Waals surface area (Å²) in [6.45, 7) is 4.06. The van der Waals surface area contributed by atoms with E-state index in [1.165, 1.54) is 6.07 Å². The summed E-state index contributed by atoms with van der Waals surface area (Å²) >= 11 is 0. The number of aromatic nitrogens is 2. The predicted molar refractivity (Wildman–Crippen MR) is 161 cm³/mol. The minimum Gasteiger partial charge on any atom is -0.463 e. The molecule has 2 aromatic carbocycles. The molecule has 0 spiro atoms. The SMILES string of the molecule is Cc1c(F)c(N)c(C#N)c(-c2c(F)cc3c(N4C[C@H]5CC[C@@H](C4)N5)nc(OC[C@]4(C)CN(C)CC[C@@H]4CF)nc3c2F)c1C(F)(F)F. The molecule has 3 N–H and O–H groups in total. The highest BCUT2D eigenvalue weighted by Gasteiger charge is 2.43. The number of fused-ring (bicyclic) bond motifs is 3. The number of nitrogens with one attached hydrogen (secondary N) is 1. The largest absolute Gasteiger partial charge is 0.463 e. The fourth-order valence-electron chi connectivity index (χ4n) is 7.46. The van der Waals surface area contributed by atoms with Crippen molar-refractivity contribution in [3.05, 3.63) is 40.2 Å². The number of piperazine rings is 1. The summed E-state index contributed by atoms with van der Waals surface area (Å²) < 4.78 is 111. The topological polar surface area (TPSA) is 103 Å². The van der Waals surface area contributed by atoms with Gasteiger partial charge < -0.3 is 25.6 Å². The van der Waals surface area contributed by atoms with E-state index in [1.807, 2.05) is 23.8 Å². The Bertz CT molecular complexity index is 1770. The molecular formula is C32H34F7N7O. The van der Waals surface area contributed by atoms with Gasteiger partial charge in [-0.15, -0.1) is 0 Å². The van der Waals surface area contributed by atoms with E-state index in [2.05, 4.69) is 15.3 Å². The Kier molecular flexibility index (Phi) is 8.40. The third kappa shape index (κ3) is 5.69. The van der Waals surface area contributed by atoms with Crippen LogP contribution in [0.1, 0.15) is 42.9 Å². The van der Waals surface area contributed by atoms with Gasteiger partial charge in [0, 0.05) is 48.1 Å². The molecule has 3 fully saturated rings. The van der Waals surface area contributed by atoms with E-state index in [4.69, 9.17) is 10.5 Å². The van der Waals surface area contributed by atoms with Crippen LogP contribution < -0.4 is 20.7 Å². The van der Waals surface area contributed by atoms with Gasteiger partial charge in [0.15, 0.2) is 11.6 Å². The van der Waals surface area contributed by atoms with Gasteiger partial charge in [0.1, 0.15) is 23.2 Å². The lowest BCUT2D eigenvalue weighted by Crippen LogP contribution is -2.51. The van der Waals surface area contributed by atoms with Gasteiger partial charge in [-0.2, -0.15) is 28.4 Å². The molecule has 0 amide bonds. The van der Waals surface area contributed by atoms with Crippen LogP contribution in [-0.4, -0.2) is 73.5 Å². The first-order valence-electron chi connectivity index (χ1n) is 15.3. The van der Waals surface area contributed by atoms with Crippen molar-refractivity contribution in [2.24, 2.45) is 11.3 Å². The predicted octanol–water partition coefficient (Wildman–Crippen LogP) is 5.74. The highest BCUT2D eigenvalue weighted by atomic mass is 19.4. The van der Waals surface area contributed by atoms with Gasteiger partial charge in [0.05, 0.1) is 35.7 Å². The van der Waals surface area contributed by atoms with Crippen molar-refractivity contribution in [1.29, 1.82) is 5.26 Å². The van der Waals surface area contributed by atoms with Crippen molar-refractivity contribution in [3.8, 4) is 23.2 Å². The van der Waals surface area contributed by atoms with Gasteiger partial charge in [-0.05, 0) is 57.3 Å². The summed E-state index contributed by atoms with van der Waals surface area (Å²) in [7, 11) is 1.90. The Morgan fingerprint density at radius 1 is 1.11 bits per heavy atom. The smallest absolute Gasteiger partial charge is 0.417 e. The molecule has 3 saturated heterocycles. The Morgan fingerprint density at radius 2 is 1.79 bits per heavy atom. The van der Waals surface area contributed by atoms with Crippen LogP contribution in [-0.2, 0) is 6.18 Å². The Balaban J connectivity index is 1.56. The van der Waals surface area contributed by atoms with E-state index in [9.17, 15) is 27.2 Å². The molecule has 3 aliphatic rings. The maximum atomic E-state index is 16.7. The molecule has 0 unspecified atom stereocenters. The molecule has 0 aliphatic carbocycles.